The van der Waals surface area contributed by atoms with Crippen LogP contribution in [0.4, 0.5) is 5.69 Å². The number of nitrogen functional groups attached to an aromatic ring is 1. The minimum Gasteiger partial charge on any atom is -0.494 e. The molecule has 0 heterocycles. The third kappa shape index (κ3) is 4.63. The molecule has 0 saturated heterocycles. The molecule has 0 spiro atoms. The maximum Gasteiger partial charge on any atom is 0.251 e. The lowest BCUT2D eigenvalue weighted by molar-refractivity contribution is 0.0948. The topological polar surface area (TPSA) is 73.6 Å². The zero-order valence-electron chi connectivity index (χ0n) is 10.9. The Balaban J connectivity index is 2.61. The van der Waals surface area contributed by atoms with Crippen LogP contribution in [0, 0.1) is 0 Å². The van der Waals surface area contributed by atoms with Gasteiger partial charge < -0.3 is 20.5 Å². The van der Waals surface area contributed by atoms with Crippen molar-refractivity contribution in [1.29, 1.82) is 0 Å². The van der Waals surface area contributed by atoms with Crippen molar-refractivity contribution in [3.63, 3.8) is 0 Å². The predicted molar refractivity (Wildman–Crippen MR) is 70.8 cm³/mol. The zero-order valence-corrected chi connectivity index (χ0v) is 10.9. The highest BCUT2D eigenvalue weighted by Gasteiger charge is 2.07. The van der Waals surface area contributed by atoms with Gasteiger partial charge in [-0.2, -0.15) is 0 Å². The SMILES string of the molecule is CCOc1cc(N)cc(C(=O)NCCCOC)c1. The molecule has 0 fully saturated rings. The highest BCUT2D eigenvalue weighted by atomic mass is 16.5. The Morgan fingerprint density at radius 2 is 2.17 bits per heavy atom. The van der Waals surface area contributed by atoms with E-state index in [0.29, 0.717) is 36.8 Å². The summed E-state index contributed by atoms with van der Waals surface area (Å²) in [4.78, 5) is 11.9. The van der Waals surface area contributed by atoms with Gasteiger partial charge in [-0.3, -0.25) is 4.79 Å². The van der Waals surface area contributed by atoms with Gasteiger partial charge >= 0.3 is 0 Å². The van der Waals surface area contributed by atoms with Crippen LogP contribution in [0.3, 0.4) is 0 Å². The first-order valence-electron chi connectivity index (χ1n) is 5.98. The summed E-state index contributed by atoms with van der Waals surface area (Å²) in [6.07, 6.45) is 0.781. The fraction of sp³-hybridized carbons (Fsp3) is 0.462. The Morgan fingerprint density at radius 1 is 1.39 bits per heavy atom. The highest BCUT2D eigenvalue weighted by Crippen LogP contribution is 2.18. The van der Waals surface area contributed by atoms with Crippen molar-refractivity contribution in [2.24, 2.45) is 0 Å². The lowest BCUT2D eigenvalue weighted by atomic mass is 10.1. The Bertz CT molecular complexity index is 394. The third-order valence-corrected chi connectivity index (χ3v) is 2.31. The maximum absolute atomic E-state index is 11.9. The molecule has 1 aromatic rings. The van der Waals surface area contributed by atoms with Crippen molar-refractivity contribution in [3.8, 4) is 5.75 Å². The molecule has 0 saturated carbocycles. The molecule has 0 aliphatic heterocycles. The fourth-order valence-corrected chi connectivity index (χ4v) is 1.52. The first kappa shape index (κ1) is 14.3. The fourth-order valence-electron chi connectivity index (χ4n) is 1.52. The van der Waals surface area contributed by atoms with Crippen LogP contribution in [0.1, 0.15) is 23.7 Å². The van der Waals surface area contributed by atoms with Gasteiger partial charge in [0.15, 0.2) is 0 Å². The molecule has 3 N–H and O–H groups in total. The van der Waals surface area contributed by atoms with Crippen molar-refractivity contribution in [1.82, 2.24) is 5.32 Å². The van der Waals surface area contributed by atoms with Crippen molar-refractivity contribution >= 4 is 11.6 Å². The van der Waals surface area contributed by atoms with Crippen molar-refractivity contribution < 1.29 is 14.3 Å². The molecule has 18 heavy (non-hydrogen) atoms. The van der Waals surface area contributed by atoms with E-state index in [0.717, 1.165) is 6.42 Å². The second-order valence-corrected chi connectivity index (χ2v) is 3.83. The molecule has 0 aliphatic carbocycles. The van der Waals surface area contributed by atoms with E-state index >= 15 is 0 Å². The number of carbonyl (C=O) groups excluding carboxylic acids is 1. The van der Waals surface area contributed by atoms with Crippen LogP contribution < -0.4 is 15.8 Å². The molecule has 0 atom stereocenters. The summed E-state index contributed by atoms with van der Waals surface area (Å²) in [6, 6.07) is 5.02. The van der Waals surface area contributed by atoms with Crippen LogP contribution in [-0.2, 0) is 4.74 Å². The molecule has 100 valence electrons. The molecular formula is C13H20N2O3. The zero-order chi connectivity index (χ0) is 13.4. The quantitative estimate of drug-likeness (QED) is 0.569. The van der Waals surface area contributed by atoms with Crippen LogP contribution in [0.15, 0.2) is 18.2 Å². The number of hydrogen-bond acceptors (Lipinski definition) is 4. The van der Waals surface area contributed by atoms with Crippen LogP contribution in [0.25, 0.3) is 0 Å². The number of benzene rings is 1. The third-order valence-electron chi connectivity index (χ3n) is 2.31. The van der Waals surface area contributed by atoms with Gasteiger partial charge in [-0.1, -0.05) is 0 Å². The minimum absolute atomic E-state index is 0.153. The first-order valence-corrected chi connectivity index (χ1v) is 5.98. The maximum atomic E-state index is 11.9. The summed E-state index contributed by atoms with van der Waals surface area (Å²) in [5, 5.41) is 2.80. The van der Waals surface area contributed by atoms with E-state index in [9.17, 15) is 4.79 Å². The molecule has 1 rings (SSSR count). The summed E-state index contributed by atoms with van der Waals surface area (Å²) in [5.74, 6) is 0.457. The van der Waals surface area contributed by atoms with Crippen LogP contribution in [0.2, 0.25) is 0 Å². The number of carbonyl (C=O) groups is 1. The van der Waals surface area contributed by atoms with E-state index in [-0.39, 0.29) is 5.91 Å². The van der Waals surface area contributed by atoms with Gasteiger partial charge in [0.2, 0.25) is 0 Å². The number of hydrogen-bond donors (Lipinski definition) is 2. The van der Waals surface area contributed by atoms with Gasteiger partial charge in [0.05, 0.1) is 6.61 Å². The number of anilines is 1. The second kappa shape index (κ2) is 7.55. The van der Waals surface area contributed by atoms with Crippen molar-refractivity contribution in [3.05, 3.63) is 23.8 Å². The van der Waals surface area contributed by atoms with E-state index < -0.39 is 0 Å². The van der Waals surface area contributed by atoms with Crippen LogP contribution in [-0.4, -0.2) is 32.8 Å². The molecule has 1 aromatic carbocycles. The molecule has 0 radical (unpaired) electrons. The van der Waals surface area contributed by atoms with E-state index in [1.165, 1.54) is 0 Å². The average Bonchev–Trinajstić information content (AvgIpc) is 2.34. The molecule has 0 aliphatic rings. The molecule has 5 nitrogen and oxygen atoms in total. The highest BCUT2D eigenvalue weighted by molar-refractivity contribution is 5.95. The van der Waals surface area contributed by atoms with Crippen LogP contribution >= 0.6 is 0 Å². The normalized spacial score (nSPS) is 10.1. The minimum atomic E-state index is -0.153. The lowest BCUT2D eigenvalue weighted by Gasteiger charge is -2.09. The Labute approximate surface area is 107 Å². The Morgan fingerprint density at radius 3 is 2.83 bits per heavy atom. The number of methoxy groups -OCH3 is 1. The monoisotopic (exact) mass is 252 g/mol. The average molecular weight is 252 g/mol. The molecule has 1 amide bonds. The first-order chi connectivity index (χ1) is 8.67. The molecule has 0 aromatic heterocycles. The standard InChI is InChI=1S/C13H20N2O3/c1-3-18-12-8-10(7-11(14)9-12)13(16)15-5-4-6-17-2/h7-9H,3-6,14H2,1-2H3,(H,15,16). The second-order valence-electron chi connectivity index (χ2n) is 3.83. The lowest BCUT2D eigenvalue weighted by Crippen LogP contribution is -2.25. The van der Waals surface area contributed by atoms with Gasteiger partial charge in [-0.25, -0.2) is 0 Å². The van der Waals surface area contributed by atoms with E-state index in [1.807, 2.05) is 6.92 Å². The van der Waals surface area contributed by atoms with E-state index in [2.05, 4.69) is 5.32 Å². The smallest absolute Gasteiger partial charge is 0.251 e. The molecule has 5 heteroatoms. The Kier molecular flexibility index (Phi) is 6.00. The number of nitrogens with one attached hydrogen (secondary N) is 1. The van der Waals surface area contributed by atoms with E-state index in [4.69, 9.17) is 15.2 Å². The molecular weight excluding hydrogens is 232 g/mol. The summed E-state index contributed by atoms with van der Waals surface area (Å²) in [6.45, 7) is 3.62. The predicted octanol–water partition coefficient (Wildman–Crippen LogP) is 1.43. The Hall–Kier alpha value is -1.75. The summed E-state index contributed by atoms with van der Waals surface area (Å²) < 4.78 is 10.2. The van der Waals surface area contributed by atoms with Gasteiger partial charge in [-0.05, 0) is 25.5 Å². The summed E-state index contributed by atoms with van der Waals surface area (Å²) in [5.41, 5.74) is 6.75. The van der Waals surface area contributed by atoms with Gasteiger partial charge in [-0.15, -0.1) is 0 Å². The number of amides is 1. The van der Waals surface area contributed by atoms with Gasteiger partial charge in [0, 0.05) is 37.6 Å². The summed E-state index contributed by atoms with van der Waals surface area (Å²) in [7, 11) is 1.63. The largest absolute Gasteiger partial charge is 0.494 e. The molecule has 0 bridgehead atoms. The van der Waals surface area contributed by atoms with Gasteiger partial charge in [0.1, 0.15) is 5.75 Å². The van der Waals surface area contributed by atoms with Gasteiger partial charge in [0.25, 0.3) is 5.91 Å². The summed E-state index contributed by atoms with van der Waals surface area (Å²) >= 11 is 0. The van der Waals surface area contributed by atoms with Crippen molar-refractivity contribution in [2.75, 3.05) is 32.6 Å². The number of nitrogens with two attached hydrogens (primary N) is 1. The van der Waals surface area contributed by atoms with E-state index in [1.54, 1.807) is 25.3 Å². The number of ether oxygens (including phenoxy) is 2. The van der Waals surface area contributed by atoms with Crippen LogP contribution in [0.5, 0.6) is 5.75 Å². The van der Waals surface area contributed by atoms with Crippen molar-refractivity contribution in [2.45, 2.75) is 13.3 Å². The number of rotatable bonds is 7. The molecule has 0 unspecified atom stereocenters.